The molecule has 0 radical (unpaired) electrons. The summed E-state index contributed by atoms with van der Waals surface area (Å²) in [7, 11) is 0. The molecule has 0 aliphatic heterocycles. The Hall–Kier alpha value is -2.63. The maximum Gasteiger partial charge on any atom is 0.280 e. The number of benzene rings is 2. The number of aliphatic hydroxyl groups is 1. The van der Waals surface area contributed by atoms with Gasteiger partial charge < -0.3 is 5.11 Å². The van der Waals surface area contributed by atoms with Crippen molar-refractivity contribution in [2.75, 3.05) is 5.43 Å². The number of thiophene rings is 1. The van der Waals surface area contributed by atoms with Gasteiger partial charge in [-0.3, -0.25) is 15.6 Å². The fraction of sp³-hybridized carbons (Fsp3) is 0.105. The second kappa shape index (κ2) is 6.86. The summed E-state index contributed by atoms with van der Waals surface area (Å²) in [5.74, 6) is -0.530. The Kier molecular flexibility index (Phi) is 4.64. The minimum absolute atomic E-state index is 0.524. The summed E-state index contributed by atoms with van der Waals surface area (Å²) in [4.78, 5) is 13.4. The van der Waals surface area contributed by atoms with E-state index in [0.29, 0.717) is 10.4 Å². The van der Waals surface area contributed by atoms with Crippen LogP contribution >= 0.6 is 11.3 Å². The summed E-state index contributed by atoms with van der Waals surface area (Å²) < 4.78 is 0. The van der Waals surface area contributed by atoms with Crippen molar-refractivity contribution in [2.45, 2.75) is 12.5 Å². The third-order valence-electron chi connectivity index (χ3n) is 3.74. The summed E-state index contributed by atoms with van der Waals surface area (Å²) in [6, 6.07) is 20.1. The Labute approximate surface area is 144 Å². The largest absolute Gasteiger partial charge is 0.371 e. The topological polar surface area (TPSA) is 61.4 Å². The molecule has 0 aliphatic carbocycles. The van der Waals surface area contributed by atoms with Gasteiger partial charge in [-0.25, -0.2) is 0 Å². The van der Waals surface area contributed by atoms with Gasteiger partial charge >= 0.3 is 0 Å². The number of carbonyl (C=O) groups excluding carboxylic acids is 1. The number of nitrogens with one attached hydrogen (secondary N) is 2. The zero-order valence-electron chi connectivity index (χ0n) is 13.2. The van der Waals surface area contributed by atoms with Gasteiger partial charge in [0.25, 0.3) is 5.91 Å². The Morgan fingerprint density at radius 1 is 1.04 bits per heavy atom. The van der Waals surface area contributed by atoms with Crippen molar-refractivity contribution in [1.82, 2.24) is 5.43 Å². The third kappa shape index (κ3) is 3.18. The van der Waals surface area contributed by atoms with Gasteiger partial charge in [-0.05, 0) is 41.6 Å². The van der Waals surface area contributed by atoms with Crippen LogP contribution < -0.4 is 10.9 Å². The van der Waals surface area contributed by atoms with Crippen molar-refractivity contribution in [3.05, 3.63) is 88.1 Å². The average Bonchev–Trinajstić information content (AvgIpc) is 3.15. The number of hydrogen-bond acceptors (Lipinski definition) is 4. The number of carbonyl (C=O) groups is 1. The van der Waals surface area contributed by atoms with Crippen LogP contribution in [0.2, 0.25) is 0 Å². The van der Waals surface area contributed by atoms with Crippen molar-refractivity contribution in [1.29, 1.82) is 0 Å². The maximum atomic E-state index is 12.8. The molecule has 4 nitrogen and oxygen atoms in total. The van der Waals surface area contributed by atoms with E-state index in [0.717, 1.165) is 11.3 Å². The first kappa shape index (κ1) is 16.2. The predicted molar refractivity (Wildman–Crippen MR) is 96.7 cm³/mol. The second-order valence-corrected chi connectivity index (χ2v) is 6.45. The summed E-state index contributed by atoms with van der Waals surface area (Å²) in [5.41, 5.74) is 6.10. The molecule has 0 spiro atoms. The molecule has 3 rings (SSSR count). The lowest BCUT2D eigenvalue weighted by molar-refractivity contribution is -0.135. The van der Waals surface area contributed by atoms with E-state index >= 15 is 0 Å². The lowest BCUT2D eigenvalue weighted by Gasteiger charge is -2.26. The van der Waals surface area contributed by atoms with Crippen LogP contribution in [0.15, 0.2) is 72.1 Å². The SMILES string of the molecule is Cc1cccc(NNC(=O)C(O)(c2ccccc2)c2cccs2)c1. The molecule has 1 atom stereocenters. The molecule has 0 bridgehead atoms. The quantitative estimate of drug-likeness (QED) is 0.625. The molecule has 2 aromatic carbocycles. The van der Waals surface area contributed by atoms with Gasteiger partial charge in [0.1, 0.15) is 0 Å². The van der Waals surface area contributed by atoms with Gasteiger partial charge in [-0.1, -0.05) is 48.5 Å². The van der Waals surface area contributed by atoms with E-state index in [2.05, 4.69) is 10.9 Å². The molecule has 0 fully saturated rings. The summed E-state index contributed by atoms with van der Waals surface area (Å²) >= 11 is 1.34. The van der Waals surface area contributed by atoms with Gasteiger partial charge in [-0.15, -0.1) is 11.3 Å². The van der Waals surface area contributed by atoms with E-state index in [1.807, 2.05) is 48.7 Å². The molecule has 122 valence electrons. The van der Waals surface area contributed by atoms with Crippen molar-refractivity contribution >= 4 is 22.9 Å². The molecule has 24 heavy (non-hydrogen) atoms. The van der Waals surface area contributed by atoms with Crippen molar-refractivity contribution in [3.63, 3.8) is 0 Å². The number of rotatable bonds is 5. The third-order valence-corrected chi connectivity index (χ3v) is 4.72. The predicted octanol–water partition coefficient (Wildman–Crippen LogP) is 3.44. The van der Waals surface area contributed by atoms with E-state index in [-0.39, 0.29) is 0 Å². The molecule has 5 heteroatoms. The number of anilines is 1. The van der Waals surface area contributed by atoms with Gasteiger partial charge in [0.2, 0.25) is 5.60 Å². The molecule has 1 aromatic heterocycles. The van der Waals surface area contributed by atoms with Crippen molar-refractivity contribution < 1.29 is 9.90 Å². The number of amides is 1. The molecule has 1 heterocycles. The smallest absolute Gasteiger partial charge is 0.280 e. The Bertz CT molecular complexity index is 818. The zero-order valence-corrected chi connectivity index (χ0v) is 14.0. The van der Waals surface area contributed by atoms with Crippen LogP contribution in [-0.2, 0) is 10.4 Å². The van der Waals surface area contributed by atoms with Crippen molar-refractivity contribution in [2.24, 2.45) is 0 Å². The summed E-state index contributed by atoms with van der Waals surface area (Å²) in [6.07, 6.45) is 0. The number of hydrazine groups is 1. The van der Waals surface area contributed by atoms with Crippen LogP contribution in [0.4, 0.5) is 5.69 Å². The standard InChI is InChI=1S/C19H18N2O2S/c1-14-7-5-10-16(13-14)20-21-18(22)19(23,17-11-6-12-24-17)15-8-3-2-4-9-15/h2-13,20,23H,1H3,(H,21,22). The zero-order chi connectivity index (χ0) is 17.0. The highest BCUT2D eigenvalue weighted by Gasteiger charge is 2.41. The minimum Gasteiger partial charge on any atom is -0.371 e. The van der Waals surface area contributed by atoms with Crippen LogP contribution in [0.25, 0.3) is 0 Å². The van der Waals surface area contributed by atoms with E-state index in [1.54, 1.807) is 30.3 Å². The Morgan fingerprint density at radius 3 is 2.50 bits per heavy atom. The van der Waals surface area contributed by atoms with Gasteiger partial charge in [0, 0.05) is 0 Å². The average molecular weight is 338 g/mol. The Balaban J connectivity index is 1.87. The molecule has 0 saturated carbocycles. The lowest BCUT2D eigenvalue weighted by atomic mass is 9.91. The summed E-state index contributed by atoms with van der Waals surface area (Å²) in [6.45, 7) is 1.97. The number of hydrogen-bond donors (Lipinski definition) is 3. The molecule has 0 saturated heterocycles. The molecule has 0 aliphatic rings. The molecular weight excluding hydrogens is 320 g/mol. The monoisotopic (exact) mass is 338 g/mol. The van der Waals surface area contributed by atoms with Crippen LogP contribution in [0.1, 0.15) is 16.0 Å². The minimum atomic E-state index is -1.74. The van der Waals surface area contributed by atoms with Gasteiger partial charge in [-0.2, -0.15) is 0 Å². The highest BCUT2D eigenvalue weighted by atomic mass is 32.1. The normalized spacial score (nSPS) is 13.1. The highest BCUT2D eigenvalue weighted by molar-refractivity contribution is 7.10. The van der Waals surface area contributed by atoms with Gasteiger partial charge in [0.05, 0.1) is 10.6 Å². The lowest BCUT2D eigenvalue weighted by Crippen LogP contribution is -2.47. The molecule has 1 unspecified atom stereocenters. The van der Waals surface area contributed by atoms with Crippen LogP contribution in [0.3, 0.4) is 0 Å². The number of aryl methyl sites for hydroxylation is 1. The van der Waals surface area contributed by atoms with Crippen LogP contribution in [0, 0.1) is 6.92 Å². The summed E-state index contributed by atoms with van der Waals surface area (Å²) in [5, 5.41) is 13.0. The fourth-order valence-corrected chi connectivity index (χ4v) is 3.33. The first-order valence-electron chi connectivity index (χ1n) is 7.55. The van der Waals surface area contributed by atoms with E-state index in [1.165, 1.54) is 11.3 Å². The van der Waals surface area contributed by atoms with Crippen LogP contribution in [-0.4, -0.2) is 11.0 Å². The molecule has 1 amide bonds. The Morgan fingerprint density at radius 2 is 1.83 bits per heavy atom. The molecule has 3 aromatic rings. The fourth-order valence-electron chi connectivity index (χ4n) is 2.49. The van der Waals surface area contributed by atoms with Gasteiger partial charge in [0.15, 0.2) is 0 Å². The van der Waals surface area contributed by atoms with E-state index < -0.39 is 11.5 Å². The van der Waals surface area contributed by atoms with Crippen LogP contribution in [0.5, 0.6) is 0 Å². The second-order valence-electron chi connectivity index (χ2n) is 5.50. The maximum absolute atomic E-state index is 12.8. The molecule has 3 N–H and O–H groups in total. The molecular formula is C19H18N2O2S. The van der Waals surface area contributed by atoms with E-state index in [4.69, 9.17) is 0 Å². The highest BCUT2D eigenvalue weighted by Crippen LogP contribution is 2.33. The van der Waals surface area contributed by atoms with Crippen molar-refractivity contribution in [3.8, 4) is 0 Å². The van der Waals surface area contributed by atoms with E-state index in [9.17, 15) is 9.90 Å². The first-order valence-corrected chi connectivity index (χ1v) is 8.43. The first-order chi connectivity index (χ1) is 11.6.